The lowest BCUT2D eigenvalue weighted by molar-refractivity contribution is -0.118. The highest BCUT2D eigenvalue weighted by Crippen LogP contribution is 2.30. The molecule has 0 radical (unpaired) electrons. The number of aryl methyl sites for hydroxylation is 1. The van der Waals surface area contributed by atoms with Gasteiger partial charge in [0.1, 0.15) is 5.75 Å². The molecular weight excluding hydrogens is 514 g/mol. The van der Waals surface area contributed by atoms with Gasteiger partial charge in [-0.2, -0.15) is 5.10 Å². The number of ether oxygens (including phenoxy) is 1. The van der Waals surface area contributed by atoms with Gasteiger partial charge < -0.3 is 9.84 Å². The quantitative estimate of drug-likeness (QED) is 0.172. The van der Waals surface area contributed by atoms with Crippen molar-refractivity contribution in [1.29, 1.82) is 0 Å². The number of halogens is 3. The number of aldehydes is 1. The smallest absolute Gasteiger partial charge is 0.196 e. The number of carbonyl (C=O) groups is 1. The molecule has 5 nitrogen and oxygen atoms in total. The van der Waals surface area contributed by atoms with Crippen molar-refractivity contribution in [2.45, 2.75) is 25.4 Å². The van der Waals surface area contributed by atoms with Crippen LogP contribution in [0, 0.1) is 6.92 Å². The minimum absolute atomic E-state index is 0.193. The van der Waals surface area contributed by atoms with Crippen LogP contribution in [0.1, 0.15) is 22.5 Å². The molecule has 0 saturated carbocycles. The van der Waals surface area contributed by atoms with E-state index in [1.807, 2.05) is 49.4 Å². The number of methoxy groups -OCH3 is 1. The average Bonchev–Trinajstić information content (AvgIpc) is 3.33. The van der Waals surface area contributed by atoms with Crippen molar-refractivity contribution < 1.29 is 19.0 Å². The highest BCUT2D eigenvalue weighted by atomic mass is 35.5. The van der Waals surface area contributed by atoms with Crippen LogP contribution in [0.4, 0.5) is 4.39 Å². The maximum Gasteiger partial charge on any atom is 0.196 e. The summed E-state index contributed by atoms with van der Waals surface area (Å²) < 4.78 is 22.8. The summed E-state index contributed by atoms with van der Waals surface area (Å²) in [5.74, 6) is 0.915. The van der Waals surface area contributed by atoms with Gasteiger partial charge in [0.25, 0.3) is 0 Å². The minimum Gasteiger partial charge on any atom is -0.497 e. The second kappa shape index (κ2) is 14.5. The molecule has 1 N–H and O–H groups in total. The van der Waals surface area contributed by atoms with E-state index in [0.29, 0.717) is 34.7 Å². The van der Waals surface area contributed by atoms with Crippen molar-refractivity contribution in [3.63, 3.8) is 0 Å². The number of alkyl halides is 2. The molecule has 0 fully saturated rings. The first-order valence-corrected chi connectivity index (χ1v) is 12.4. The van der Waals surface area contributed by atoms with E-state index in [1.54, 1.807) is 42.1 Å². The predicted octanol–water partition coefficient (Wildman–Crippen LogP) is 6.42. The third-order valence-electron chi connectivity index (χ3n) is 5.53. The van der Waals surface area contributed by atoms with Gasteiger partial charge in [-0.05, 0) is 54.5 Å². The molecule has 0 saturated heterocycles. The summed E-state index contributed by atoms with van der Waals surface area (Å²) in [6, 6.07) is 16.1. The van der Waals surface area contributed by atoms with E-state index in [2.05, 4.69) is 11.7 Å². The van der Waals surface area contributed by atoms with Gasteiger partial charge in [-0.3, -0.25) is 4.79 Å². The van der Waals surface area contributed by atoms with Crippen LogP contribution in [0.3, 0.4) is 0 Å². The molecule has 196 valence electrons. The third kappa shape index (κ3) is 8.15. The highest BCUT2D eigenvalue weighted by molar-refractivity contribution is 6.35. The number of carbonyl (C=O) groups excluding carboxylic acids is 1. The maximum atomic E-state index is 15.8. The number of aromatic nitrogens is 2. The molecule has 37 heavy (non-hydrogen) atoms. The molecule has 3 rings (SSSR count). The highest BCUT2D eigenvalue weighted by Gasteiger charge is 2.33. The van der Waals surface area contributed by atoms with Gasteiger partial charge in [0.2, 0.25) is 0 Å². The molecule has 0 spiro atoms. The van der Waals surface area contributed by atoms with Crippen LogP contribution in [-0.4, -0.2) is 41.3 Å². The third-order valence-corrected chi connectivity index (χ3v) is 6.21. The minimum atomic E-state index is -2.20. The molecule has 1 unspecified atom stereocenters. The first-order chi connectivity index (χ1) is 17.8. The molecule has 2 aromatic carbocycles. The number of allylic oxidation sites excluding steroid dienone is 5. The van der Waals surface area contributed by atoms with Crippen molar-refractivity contribution >= 4 is 29.5 Å². The zero-order valence-corrected chi connectivity index (χ0v) is 22.6. The topological polar surface area (TPSA) is 64.4 Å². The SMILES string of the molecule is C=C/C(=C\C=C(\Cl)CCl)Cc1cc(CC(F)(C=O)c2cccc(C)c2)nn1-c1ccc(OC)cc1.CO. The molecule has 0 aliphatic rings. The van der Waals surface area contributed by atoms with E-state index >= 15 is 4.39 Å². The molecule has 0 amide bonds. The monoisotopic (exact) mass is 544 g/mol. The van der Waals surface area contributed by atoms with Crippen molar-refractivity contribution in [1.82, 2.24) is 9.78 Å². The summed E-state index contributed by atoms with van der Waals surface area (Å²) in [5, 5.41) is 12.2. The van der Waals surface area contributed by atoms with Gasteiger partial charge >= 0.3 is 0 Å². The molecular formula is C29H31Cl2FN2O3. The van der Waals surface area contributed by atoms with Crippen LogP contribution in [-0.2, 0) is 23.3 Å². The van der Waals surface area contributed by atoms with Crippen LogP contribution >= 0.6 is 23.2 Å². The van der Waals surface area contributed by atoms with E-state index in [0.717, 1.165) is 29.6 Å². The second-order valence-electron chi connectivity index (χ2n) is 8.13. The van der Waals surface area contributed by atoms with Gasteiger partial charge in [0, 0.05) is 30.7 Å². The molecule has 0 aliphatic heterocycles. The van der Waals surface area contributed by atoms with Gasteiger partial charge in [0.15, 0.2) is 12.0 Å². The van der Waals surface area contributed by atoms with Crippen molar-refractivity contribution in [3.8, 4) is 11.4 Å². The van der Waals surface area contributed by atoms with Crippen LogP contribution in [0.5, 0.6) is 5.75 Å². The Morgan fingerprint density at radius 1 is 1.19 bits per heavy atom. The van der Waals surface area contributed by atoms with Gasteiger partial charge in [-0.15, -0.1) is 11.6 Å². The summed E-state index contributed by atoms with van der Waals surface area (Å²) >= 11 is 11.8. The van der Waals surface area contributed by atoms with Crippen molar-refractivity contribution in [3.05, 3.63) is 113 Å². The second-order valence-corrected chi connectivity index (χ2v) is 8.89. The number of aliphatic hydroxyl groups excluding tert-OH is 1. The van der Waals surface area contributed by atoms with E-state index in [1.165, 1.54) is 0 Å². The Kier molecular flexibility index (Phi) is 11.8. The first-order valence-electron chi connectivity index (χ1n) is 11.4. The molecule has 0 aliphatic carbocycles. The van der Waals surface area contributed by atoms with Crippen molar-refractivity contribution in [2.24, 2.45) is 0 Å². The maximum absolute atomic E-state index is 15.8. The molecule has 0 bridgehead atoms. The van der Waals surface area contributed by atoms with E-state index < -0.39 is 5.67 Å². The molecule has 1 aromatic heterocycles. The summed E-state index contributed by atoms with van der Waals surface area (Å²) in [6.07, 6.45) is 5.88. The van der Waals surface area contributed by atoms with E-state index in [9.17, 15) is 4.79 Å². The molecule has 8 heteroatoms. The fourth-order valence-electron chi connectivity index (χ4n) is 3.66. The van der Waals surface area contributed by atoms with E-state index in [-0.39, 0.29) is 12.3 Å². The zero-order valence-electron chi connectivity index (χ0n) is 21.1. The Bertz CT molecular complexity index is 1250. The Morgan fingerprint density at radius 3 is 2.46 bits per heavy atom. The van der Waals surface area contributed by atoms with E-state index in [4.69, 9.17) is 33.0 Å². The van der Waals surface area contributed by atoms with Gasteiger partial charge in [-0.1, -0.05) is 60.2 Å². The predicted molar refractivity (Wildman–Crippen MR) is 149 cm³/mol. The molecule has 1 heterocycles. The average molecular weight is 545 g/mol. The molecule has 1 atom stereocenters. The van der Waals surface area contributed by atoms with Crippen LogP contribution < -0.4 is 4.74 Å². The number of aliphatic hydroxyl groups is 1. The standard InChI is InChI=1S/C28H27Cl2FN2O2.CH4O/c1-4-21(8-9-23(30)18-29)15-26-16-24(32-33(26)25-10-12-27(35-3)13-11-25)17-28(31,19-34)22-7-5-6-20(2)14-22;1-2/h4-14,16,19H,1,15,17-18H2,2-3H3;2H,1H3/b21-8+,23-9+;. The van der Waals surface area contributed by atoms with Gasteiger partial charge in [0.05, 0.1) is 24.4 Å². The summed E-state index contributed by atoms with van der Waals surface area (Å²) in [5.41, 5.74) is 1.87. The number of nitrogens with zero attached hydrogens (tertiary/aromatic N) is 2. The summed E-state index contributed by atoms with van der Waals surface area (Å²) in [7, 11) is 2.60. The normalized spacial score (nSPS) is 13.3. The lowest BCUT2D eigenvalue weighted by atomic mass is 9.91. The Balaban J connectivity index is 0.00000235. The molecule has 3 aromatic rings. The zero-order chi connectivity index (χ0) is 27.4. The van der Waals surface area contributed by atoms with Gasteiger partial charge in [-0.25, -0.2) is 9.07 Å². The Labute approximate surface area is 227 Å². The van der Waals surface area contributed by atoms with Crippen LogP contribution in [0.25, 0.3) is 5.69 Å². The number of benzene rings is 2. The fourth-order valence-corrected chi connectivity index (χ4v) is 3.82. The van der Waals surface area contributed by atoms with Crippen LogP contribution in [0.15, 0.2) is 90.0 Å². The fraction of sp³-hybridized carbons (Fsp3) is 0.241. The number of hydrogen-bond donors (Lipinski definition) is 1. The van der Waals surface area contributed by atoms with Crippen molar-refractivity contribution in [2.75, 3.05) is 20.1 Å². The largest absolute Gasteiger partial charge is 0.497 e. The number of rotatable bonds is 11. The summed E-state index contributed by atoms with van der Waals surface area (Å²) in [6.45, 7) is 5.75. The summed E-state index contributed by atoms with van der Waals surface area (Å²) in [4.78, 5) is 11.9. The lowest BCUT2D eigenvalue weighted by Gasteiger charge is -2.18. The van der Waals surface area contributed by atoms with Crippen LogP contribution in [0.2, 0.25) is 0 Å². The first kappa shape index (κ1) is 30.0. The Morgan fingerprint density at radius 2 is 1.89 bits per heavy atom. The number of hydrogen-bond acceptors (Lipinski definition) is 4. The lowest BCUT2D eigenvalue weighted by Crippen LogP contribution is -2.25. The Hall–Kier alpha value is -3.19.